The molecule has 0 aliphatic carbocycles. The number of fused-ring (bicyclic) bond motifs is 1. The Morgan fingerprint density at radius 3 is 2.29 bits per heavy atom. The van der Waals surface area contributed by atoms with Gasteiger partial charge >= 0.3 is 0 Å². The Kier molecular flexibility index (Phi) is 5.23. The third-order valence-electron chi connectivity index (χ3n) is 4.87. The van der Waals surface area contributed by atoms with E-state index in [1.54, 1.807) is 30.0 Å². The van der Waals surface area contributed by atoms with Crippen molar-refractivity contribution in [2.75, 3.05) is 0 Å². The first-order valence-electron chi connectivity index (χ1n) is 8.93. The van der Waals surface area contributed by atoms with Gasteiger partial charge in [-0.15, -0.1) is 11.8 Å². The molecule has 0 fully saturated rings. The molecule has 0 bridgehead atoms. The number of benzene rings is 3. The minimum atomic E-state index is -0.470. The minimum absolute atomic E-state index is 0.0714. The molecule has 0 aromatic heterocycles. The summed E-state index contributed by atoms with van der Waals surface area (Å²) in [6.07, 6.45) is 0.934. The second-order valence-corrected chi connectivity index (χ2v) is 7.68. The van der Waals surface area contributed by atoms with E-state index < -0.39 is 6.04 Å². The summed E-state index contributed by atoms with van der Waals surface area (Å²) in [4.78, 5) is 26.4. The minimum Gasteiger partial charge on any atom is -0.301 e. The van der Waals surface area contributed by atoms with E-state index in [-0.39, 0.29) is 16.0 Å². The van der Waals surface area contributed by atoms with Crippen LogP contribution < -0.4 is 0 Å². The lowest BCUT2D eigenvalue weighted by molar-refractivity contribution is -0.385. The van der Waals surface area contributed by atoms with Crippen LogP contribution in [0.1, 0.15) is 28.1 Å². The highest BCUT2D eigenvalue weighted by Crippen LogP contribution is 2.51. The van der Waals surface area contributed by atoms with Crippen molar-refractivity contribution in [2.24, 2.45) is 0 Å². The number of nitro groups is 1. The molecule has 1 heterocycles. The van der Waals surface area contributed by atoms with Crippen LogP contribution in [0.25, 0.3) is 0 Å². The summed E-state index contributed by atoms with van der Waals surface area (Å²) in [6.45, 7) is 0.516. The lowest BCUT2D eigenvalue weighted by atomic mass is 10.0. The Labute approximate surface area is 167 Å². The van der Waals surface area contributed by atoms with E-state index in [1.165, 1.54) is 6.07 Å². The Bertz CT molecular complexity index is 1010. The highest BCUT2D eigenvalue weighted by atomic mass is 32.2. The predicted molar refractivity (Wildman–Crippen MR) is 109 cm³/mol. The molecule has 0 N–H and O–H groups in total. The van der Waals surface area contributed by atoms with E-state index >= 15 is 0 Å². The van der Waals surface area contributed by atoms with Gasteiger partial charge in [0.15, 0.2) is 0 Å². The zero-order valence-corrected chi connectivity index (χ0v) is 15.8. The summed E-state index contributed by atoms with van der Waals surface area (Å²) in [5.41, 5.74) is 2.67. The van der Waals surface area contributed by atoms with Gasteiger partial charge in [0.2, 0.25) is 0 Å². The number of carbonyl (C=O) groups is 1. The van der Waals surface area contributed by atoms with E-state index in [4.69, 9.17) is 0 Å². The van der Waals surface area contributed by atoms with E-state index in [0.717, 1.165) is 22.3 Å². The summed E-state index contributed by atoms with van der Waals surface area (Å²) in [5.74, 6) is 0. The number of carbonyl (C=O) groups excluding carboxylic acids is 1. The highest BCUT2D eigenvalue weighted by Gasteiger charge is 2.38. The van der Waals surface area contributed by atoms with Crippen LogP contribution >= 0.6 is 11.8 Å². The van der Waals surface area contributed by atoms with Gasteiger partial charge in [0.25, 0.3) is 5.69 Å². The van der Waals surface area contributed by atoms with Crippen molar-refractivity contribution in [3.8, 4) is 0 Å². The Hall–Kier alpha value is -2.96. The normalized spacial score (nSPS) is 19.0. The van der Waals surface area contributed by atoms with Crippen LogP contribution in [0.5, 0.6) is 0 Å². The maximum atomic E-state index is 12.1. The van der Waals surface area contributed by atoms with Crippen molar-refractivity contribution >= 4 is 23.7 Å². The predicted octanol–water partition coefficient (Wildman–Crippen LogP) is 5.14. The highest BCUT2D eigenvalue weighted by molar-refractivity contribution is 7.99. The summed E-state index contributed by atoms with van der Waals surface area (Å²) >= 11 is 1.55. The lowest BCUT2D eigenvalue weighted by Gasteiger charge is -2.40. The molecule has 2 unspecified atom stereocenters. The maximum Gasteiger partial charge on any atom is 0.275 e. The van der Waals surface area contributed by atoms with Gasteiger partial charge in [-0.05, 0) is 23.3 Å². The molecule has 140 valence electrons. The van der Waals surface area contributed by atoms with Crippen LogP contribution in [0.4, 0.5) is 5.69 Å². The Morgan fingerprint density at radius 1 is 0.929 bits per heavy atom. The maximum absolute atomic E-state index is 12.1. The molecule has 0 radical (unpaired) electrons. The van der Waals surface area contributed by atoms with Crippen LogP contribution in [0.2, 0.25) is 0 Å². The molecule has 4 rings (SSSR count). The van der Waals surface area contributed by atoms with Crippen molar-refractivity contribution in [1.82, 2.24) is 4.90 Å². The molecule has 2 atom stereocenters. The molecule has 3 aromatic carbocycles. The Morgan fingerprint density at radius 2 is 1.57 bits per heavy atom. The van der Waals surface area contributed by atoms with Gasteiger partial charge in [-0.2, -0.15) is 0 Å². The first kappa shape index (κ1) is 18.4. The van der Waals surface area contributed by atoms with E-state index in [2.05, 4.69) is 0 Å². The second-order valence-electron chi connectivity index (χ2n) is 6.56. The number of para-hydroxylation sites is 1. The summed E-state index contributed by atoms with van der Waals surface area (Å²) in [7, 11) is 0. The fraction of sp³-hybridized carbons (Fsp3) is 0.136. The zero-order valence-electron chi connectivity index (χ0n) is 15.0. The quantitative estimate of drug-likeness (QED) is 0.343. The van der Waals surface area contributed by atoms with Crippen LogP contribution in [-0.4, -0.2) is 16.1 Å². The van der Waals surface area contributed by atoms with Gasteiger partial charge in [-0.3, -0.25) is 15.0 Å². The number of aldehydes is 1. The molecule has 5 nitrogen and oxygen atoms in total. The summed E-state index contributed by atoms with van der Waals surface area (Å²) in [5, 5.41) is 11.3. The van der Waals surface area contributed by atoms with E-state index in [1.807, 2.05) is 59.5 Å². The third kappa shape index (κ3) is 3.44. The van der Waals surface area contributed by atoms with Crippen LogP contribution in [0.3, 0.4) is 0 Å². The molecule has 0 spiro atoms. The molecule has 0 amide bonds. The van der Waals surface area contributed by atoms with Crippen LogP contribution in [0, 0.1) is 10.1 Å². The molecular formula is C22H18N2O3S. The van der Waals surface area contributed by atoms with E-state index in [9.17, 15) is 14.9 Å². The number of rotatable bonds is 5. The average molecular weight is 390 g/mol. The van der Waals surface area contributed by atoms with Crippen molar-refractivity contribution in [1.29, 1.82) is 0 Å². The molecular weight excluding hydrogens is 372 g/mol. The van der Waals surface area contributed by atoms with Gasteiger partial charge < -0.3 is 4.79 Å². The van der Waals surface area contributed by atoms with Gasteiger partial charge in [0.1, 0.15) is 6.29 Å². The smallest absolute Gasteiger partial charge is 0.275 e. The number of nitro benzene ring substituents is 1. The van der Waals surface area contributed by atoms with Crippen molar-refractivity contribution in [2.45, 2.75) is 22.9 Å². The molecule has 1 aliphatic heterocycles. The summed E-state index contributed by atoms with van der Waals surface area (Å²) < 4.78 is 0. The van der Waals surface area contributed by atoms with E-state index in [0.29, 0.717) is 12.1 Å². The SMILES string of the molecule is O=CC1c2ccccc2SC(c2ccccc2[N+](=O)[O-])N1Cc1ccccc1. The molecule has 6 heteroatoms. The third-order valence-corrected chi connectivity index (χ3v) is 6.24. The lowest BCUT2D eigenvalue weighted by Crippen LogP contribution is -2.35. The number of nitrogens with zero attached hydrogens (tertiary/aromatic N) is 2. The van der Waals surface area contributed by atoms with Gasteiger partial charge in [0, 0.05) is 17.5 Å². The summed E-state index contributed by atoms with van der Waals surface area (Å²) in [6, 6.07) is 23.9. The van der Waals surface area contributed by atoms with Crippen molar-refractivity contribution in [3.63, 3.8) is 0 Å². The largest absolute Gasteiger partial charge is 0.301 e. The average Bonchev–Trinajstić information content (AvgIpc) is 2.74. The first-order chi connectivity index (χ1) is 13.7. The first-order valence-corrected chi connectivity index (χ1v) is 9.81. The van der Waals surface area contributed by atoms with Gasteiger partial charge in [-0.1, -0.05) is 60.7 Å². The van der Waals surface area contributed by atoms with Crippen molar-refractivity contribution in [3.05, 3.63) is 106 Å². The van der Waals surface area contributed by atoms with Crippen LogP contribution in [0.15, 0.2) is 83.8 Å². The number of thioether (sulfide) groups is 1. The van der Waals surface area contributed by atoms with Gasteiger partial charge in [-0.25, -0.2) is 0 Å². The monoisotopic (exact) mass is 390 g/mol. The Balaban J connectivity index is 1.84. The molecule has 3 aromatic rings. The fourth-order valence-electron chi connectivity index (χ4n) is 3.58. The van der Waals surface area contributed by atoms with Crippen molar-refractivity contribution < 1.29 is 9.72 Å². The molecule has 0 saturated carbocycles. The second kappa shape index (κ2) is 7.96. The number of hydrogen-bond donors (Lipinski definition) is 0. The topological polar surface area (TPSA) is 63.4 Å². The fourth-order valence-corrected chi connectivity index (χ4v) is 4.97. The molecule has 0 saturated heterocycles. The molecule has 1 aliphatic rings. The number of hydrogen-bond acceptors (Lipinski definition) is 5. The zero-order chi connectivity index (χ0) is 19.5. The van der Waals surface area contributed by atoms with Crippen LogP contribution in [-0.2, 0) is 11.3 Å². The van der Waals surface area contributed by atoms with Gasteiger partial charge in [0.05, 0.1) is 21.9 Å². The molecule has 28 heavy (non-hydrogen) atoms. The standard InChI is InChI=1S/C22H18N2O3S/c25-15-20-17-10-5-7-13-21(17)28-22(18-11-4-6-12-19(18)24(26)27)23(20)14-16-8-2-1-3-9-16/h1-13,15,20,22H,14H2.